The van der Waals surface area contributed by atoms with Crippen molar-refractivity contribution in [2.75, 3.05) is 52.4 Å². The molecule has 1 N–H and O–H groups in total. The van der Waals surface area contributed by atoms with E-state index >= 15 is 0 Å². The van der Waals surface area contributed by atoms with Crippen LogP contribution in [0.4, 0.5) is 5.69 Å². The number of ether oxygens (including phenoxy) is 3. The fourth-order valence-corrected chi connectivity index (χ4v) is 9.58. The second-order valence-corrected chi connectivity index (χ2v) is 15.7. The number of hydrogen-bond donors (Lipinski definition) is 1. The summed E-state index contributed by atoms with van der Waals surface area (Å²) in [5.41, 5.74) is 5.67. The molecule has 13 heteroatoms. The van der Waals surface area contributed by atoms with Gasteiger partial charge in [-0.15, -0.1) is 11.3 Å². The van der Waals surface area contributed by atoms with Crippen molar-refractivity contribution in [2.45, 2.75) is 51.4 Å². The fraction of sp³-hybridized carbons (Fsp3) is 0.436. The summed E-state index contributed by atoms with van der Waals surface area (Å²) >= 11 is 1.57. The lowest BCUT2D eigenvalue weighted by molar-refractivity contribution is -0.136. The summed E-state index contributed by atoms with van der Waals surface area (Å²) in [5, 5.41) is 3.05. The molecule has 52 heavy (non-hydrogen) atoms. The van der Waals surface area contributed by atoms with Crippen molar-refractivity contribution in [3.05, 3.63) is 74.5 Å². The minimum atomic E-state index is -0.608. The van der Waals surface area contributed by atoms with Crippen LogP contribution in [-0.4, -0.2) is 85.6 Å². The highest BCUT2D eigenvalue weighted by Crippen LogP contribution is 2.45. The Morgan fingerprint density at radius 1 is 0.942 bits per heavy atom. The Morgan fingerprint density at radius 2 is 1.67 bits per heavy atom. The van der Waals surface area contributed by atoms with Crippen LogP contribution < -0.4 is 25.2 Å². The quantitative estimate of drug-likeness (QED) is 0.252. The predicted molar refractivity (Wildman–Crippen MR) is 198 cm³/mol. The van der Waals surface area contributed by atoms with E-state index < -0.39 is 6.04 Å². The standard InChI is InChI=1S/C39H43N5O7S/c1-41-18-29(35-28(37(41)47)16-26(52-35)20-49-2)24-13-32(50-3)30(33(14-24)51-4)19-42-11-9-39(10-12-42)21-43(22-39)25-6-5-23-17-44(38(48)27(23)15-25)31-7-8-34(45)40-36(31)46/h5-6,13-16,18,31H,7-12,17,19-22H2,1-4H3,(H,40,45,46). The molecule has 1 unspecified atom stereocenters. The number of benzene rings is 2. The minimum absolute atomic E-state index is 0.0360. The third-order valence-corrected chi connectivity index (χ3v) is 12.5. The molecule has 272 valence electrons. The van der Waals surface area contributed by atoms with Crippen molar-refractivity contribution in [2.24, 2.45) is 12.5 Å². The van der Waals surface area contributed by atoms with Crippen LogP contribution in [0.15, 0.2) is 47.4 Å². The Balaban J connectivity index is 0.934. The van der Waals surface area contributed by atoms with Crippen molar-refractivity contribution in [3.63, 3.8) is 0 Å². The number of fused-ring (bicyclic) bond motifs is 2. The Bertz CT molecular complexity index is 2130. The molecule has 4 aliphatic rings. The number of hydrogen-bond acceptors (Lipinski definition) is 10. The summed E-state index contributed by atoms with van der Waals surface area (Å²) < 4.78 is 19.8. The van der Waals surface area contributed by atoms with Gasteiger partial charge in [-0.2, -0.15) is 0 Å². The predicted octanol–water partition coefficient (Wildman–Crippen LogP) is 4.29. The zero-order valence-electron chi connectivity index (χ0n) is 30.0. The zero-order chi connectivity index (χ0) is 36.3. The topological polar surface area (TPSA) is 123 Å². The first kappa shape index (κ1) is 34.4. The monoisotopic (exact) mass is 725 g/mol. The molecule has 4 aliphatic heterocycles. The van der Waals surface area contributed by atoms with Gasteiger partial charge in [0.15, 0.2) is 0 Å². The van der Waals surface area contributed by atoms with Gasteiger partial charge >= 0.3 is 0 Å². The third kappa shape index (κ3) is 5.94. The number of aromatic nitrogens is 1. The molecule has 1 atom stereocenters. The van der Waals surface area contributed by atoms with Crippen molar-refractivity contribution in [1.82, 2.24) is 19.7 Å². The lowest BCUT2D eigenvalue weighted by Crippen LogP contribution is -2.60. The number of nitrogens with one attached hydrogen (secondary N) is 1. The number of nitrogens with zero attached hydrogens (tertiary/aromatic N) is 4. The Hall–Kier alpha value is -4.72. The first-order chi connectivity index (χ1) is 25.1. The second kappa shape index (κ2) is 13.4. The summed E-state index contributed by atoms with van der Waals surface area (Å²) in [6, 6.07) is 11.5. The summed E-state index contributed by atoms with van der Waals surface area (Å²) in [4.78, 5) is 57.9. The normalized spacial score (nSPS) is 20.0. The van der Waals surface area contributed by atoms with Crippen LogP contribution in [0.1, 0.15) is 52.0 Å². The third-order valence-electron chi connectivity index (χ3n) is 11.3. The van der Waals surface area contributed by atoms with Crippen molar-refractivity contribution in [1.29, 1.82) is 0 Å². The SMILES string of the molecule is COCc1cc2c(=O)n(C)cc(-c3cc(OC)c(CN4CCC5(CC4)CN(c4ccc6c(c4)C(=O)N(C4CCC(=O)NC4=O)C6)C5)c(OC)c3)c2s1. The number of carbonyl (C=O) groups excluding carboxylic acids is 3. The van der Waals surface area contributed by atoms with Gasteiger partial charge < -0.3 is 28.6 Å². The number of pyridine rings is 1. The molecule has 1 spiro atoms. The number of piperidine rings is 2. The fourth-order valence-electron chi connectivity index (χ4n) is 8.43. The van der Waals surface area contributed by atoms with Crippen LogP contribution in [0.25, 0.3) is 21.2 Å². The number of aryl methyl sites for hydroxylation is 1. The first-order valence-electron chi connectivity index (χ1n) is 17.7. The minimum Gasteiger partial charge on any atom is -0.496 e. The molecule has 8 rings (SSSR count). The first-order valence-corrected chi connectivity index (χ1v) is 18.5. The van der Waals surface area contributed by atoms with E-state index in [1.807, 2.05) is 36.5 Å². The van der Waals surface area contributed by atoms with Gasteiger partial charge in [-0.05, 0) is 73.8 Å². The van der Waals surface area contributed by atoms with Gasteiger partial charge in [-0.25, -0.2) is 0 Å². The van der Waals surface area contributed by atoms with Crippen molar-refractivity contribution < 1.29 is 28.6 Å². The van der Waals surface area contributed by atoms with Crippen LogP contribution in [0.3, 0.4) is 0 Å². The lowest BCUT2D eigenvalue weighted by Gasteiger charge is -2.55. The van der Waals surface area contributed by atoms with Gasteiger partial charge in [-0.1, -0.05) is 6.07 Å². The van der Waals surface area contributed by atoms with E-state index in [0.717, 1.165) is 88.0 Å². The van der Waals surface area contributed by atoms with E-state index in [1.165, 1.54) is 0 Å². The molecule has 0 bridgehead atoms. The maximum Gasteiger partial charge on any atom is 0.259 e. The van der Waals surface area contributed by atoms with Crippen LogP contribution >= 0.6 is 11.3 Å². The Labute approximate surface area is 305 Å². The highest BCUT2D eigenvalue weighted by atomic mass is 32.1. The largest absolute Gasteiger partial charge is 0.496 e. The van der Waals surface area contributed by atoms with Crippen LogP contribution in [-0.2, 0) is 41.1 Å². The highest BCUT2D eigenvalue weighted by molar-refractivity contribution is 7.19. The second-order valence-electron chi connectivity index (χ2n) is 14.6. The number of amides is 3. The molecular weight excluding hydrogens is 683 g/mol. The van der Waals surface area contributed by atoms with Crippen LogP contribution in [0, 0.1) is 5.41 Å². The Morgan fingerprint density at radius 3 is 2.35 bits per heavy atom. The molecule has 0 aliphatic carbocycles. The van der Waals surface area contributed by atoms with E-state index in [0.29, 0.717) is 37.1 Å². The van der Waals surface area contributed by atoms with Gasteiger partial charge in [0, 0.05) is 84.8 Å². The molecular formula is C39H43N5O7S. The smallest absolute Gasteiger partial charge is 0.259 e. The average molecular weight is 726 g/mol. The molecule has 0 radical (unpaired) electrons. The van der Waals surface area contributed by atoms with Gasteiger partial charge in [0.05, 0.1) is 31.8 Å². The van der Waals surface area contributed by atoms with E-state index in [2.05, 4.69) is 21.2 Å². The molecule has 0 saturated carbocycles. The van der Waals surface area contributed by atoms with Gasteiger partial charge in [0.2, 0.25) is 11.8 Å². The summed E-state index contributed by atoms with van der Waals surface area (Å²) in [5.74, 6) is 0.695. The number of thiophene rings is 1. The lowest BCUT2D eigenvalue weighted by atomic mass is 9.71. The molecule has 2 aromatic heterocycles. The van der Waals surface area contributed by atoms with Gasteiger partial charge in [0.25, 0.3) is 11.5 Å². The molecule has 4 aromatic rings. The number of methoxy groups -OCH3 is 3. The van der Waals surface area contributed by atoms with Gasteiger partial charge in [-0.3, -0.25) is 29.4 Å². The summed E-state index contributed by atoms with van der Waals surface area (Å²) in [7, 11) is 6.81. The van der Waals surface area contributed by atoms with Crippen LogP contribution in [0.2, 0.25) is 0 Å². The number of imide groups is 1. The summed E-state index contributed by atoms with van der Waals surface area (Å²) in [6.45, 7) is 5.31. The molecule has 6 heterocycles. The Kier molecular flexibility index (Phi) is 8.83. The molecule has 12 nitrogen and oxygen atoms in total. The zero-order valence-corrected chi connectivity index (χ0v) is 30.8. The molecule has 3 saturated heterocycles. The number of carbonyl (C=O) groups is 3. The van der Waals surface area contributed by atoms with Crippen molar-refractivity contribution >= 4 is 44.8 Å². The molecule has 3 amide bonds. The molecule has 2 aromatic carbocycles. The van der Waals surface area contributed by atoms with E-state index in [-0.39, 0.29) is 35.1 Å². The van der Waals surface area contributed by atoms with E-state index in [9.17, 15) is 19.2 Å². The number of likely N-dealkylation sites (tertiary alicyclic amines) is 1. The maximum absolute atomic E-state index is 13.4. The number of rotatable bonds is 9. The van der Waals surface area contributed by atoms with Crippen LogP contribution in [0.5, 0.6) is 11.5 Å². The average Bonchev–Trinajstić information content (AvgIpc) is 3.70. The molecule has 3 fully saturated rings. The maximum atomic E-state index is 13.4. The van der Waals surface area contributed by atoms with Gasteiger partial charge in [0.1, 0.15) is 17.5 Å². The summed E-state index contributed by atoms with van der Waals surface area (Å²) in [6.07, 6.45) is 4.62. The number of anilines is 1. The highest BCUT2D eigenvalue weighted by Gasteiger charge is 2.46. The van der Waals surface area contributed by atoms with Crippen molar-refractivity contribution in [3.8, 4) is 22.6 Å². The van der Waals surface area contributed by atoms with E-state index in [4.69, 9.17) is 14.2 Å². The van der Waals surface area contributed by atoms with E-state index in [1.54, 1.807) is 49.2 Å².